The largest absolute Gasteiger partial charge is 0.490 e. The lowest BCUT2D eigenvalue weighted by molar-refractivity contribution is -0.118. The highest BCUT2D eigenvalue weighted by molar-refractivity contribution is 5.91. The van der Waals surface area contributed by atoms with Crippen molar-refractivity contribution in [2.45, 2.75) is 26.5 Å². The van der Waals surface area contributed by atoms with E-state index in [0.29, 0.717) is 31.2 Å². The van der Waals surface area contributed by atoms with Crippen LogP contribution in [0, 0.1) is 6.92 Å². The molecule has 0 aliphatic carbocycles. The molecule has 0 saturated heterocycles. The number of aryl methyl sites for hydroxylation is 1. The number of amides is 1. The van der Waals surface area contributed by atoms with Gasteiger partial charge in [-0.25, -0.2) is 0 Å². The molecule has 0 radical (unpaired) electrons. The minimum atomic E-state index is -0.572. The molecule has 0 aliphatic heterocycles. The first-order valence-corrected chi connectivity index (χ1v) is 10.7. The number of hydrogen-bond donors (Lipinski definition) is 3. The van der Waals surface area contributed by atoms with Crippen molar-refractivity contribution in [3.05, 3.63) is 89.5 Å². The summed E-state index contributed by atoms with van der Waals surface area (Å²) in [6, 6.07) is 22.7. The van der Waals surface area contributed by atoms with Crippen LogP contribution in [0.25, 0.3) is 0 Å². The van der Waals surface area contributed by atoms with Crippen molar-refractivity contribution in [1.82, 2.24) is 5.32 Å². The number of nitrogens with one attached hydrogen (secondary N) is 2. The SMILES string of the molecule is CCOc1cc(CNCC(O)c2ccccc2)ccc1OCC(=O)Nc1ccc(C)cc1. The first-order chi connectivity index (χ1) is 15.5. The fraction of sp³-hybridized carbons (Fsp3) is 0.269. The number of aliphatic hydroxyl groups is 1. The number of aliphatic hydroxyl groups excluding tert-OH is 1. The van der Waals surface area contributed by atoms with E-state index in [1.165, 1.54) is 0 Å². The highest BCUT2D eigenvalue weighted by Crippen LogP contribution is 2.28. The molecular formula is C26H30N2O4. The van der Waals surface area contributed by atoms with E-state index in [4.69, 9.17) is 9.47 Å². The molecule has 6 heteroatoms. The zero-order valence-electron chi connectivity index (χ0n) is 18.5. The highest BCUT2D eigenvalue weighted by Gasteiger charge is 2.11. The molecule has 6 nitrogen and oxygen atoms in total. The molecule has 3 aromatic carbocycles. The maximum Gasteiger partial charge on any atom is 0.262 e. The normalized spacial score (nSPS) is 11.6. The topological polar surface area (TPSA) is 79.8 Å². The summed E-state index contributed by atoms with van der Waals surface area (Å²) in [5.41, 5.74) is 3.73. The van der Waals surface area contributed by atoms with Crippen LogP contribution in [0.1, 0.15) is 29.7 Å². The maximum absolute atomic E-state index is 12.2. The van der Waals surface area contributed by atoms with Crippen molar-refractivity contribution in [2.24, 2.45) is 0 Å². The van der Waals surface area contributed by atoms with Gasteiger partial charge in [0.2, 0.25) is 0 Å². The summed E-state index contributed by atoms with van der Waals surface area (Å²) >= 11 is 0. The number of carbonyl (C=O) groups is 1. The standard InChI is InChI=1S/C26H30N2O4/c1-3-31-25-15-20(16-27-17-23(29)21-7-5-4-6-8-21)11-14-24(25)32-18-26(30)28-22-12-9-19(2)10-13-22/h4-15,23,27,29H,3,16-18H2,1-2H3,(H,28,30). The second-order valence-corrected chi connectivity index (χ2v) is 7.47. The zero-order chi connectivity index (χ0) is 22.8. The molecule has 3 aromatic rings. The molecule has 1 atom stereocenters. The van der Waals surface area contributed by atoms with Crippen LogP contribution in [-0.2, 0) is 11.3 Å². The number of rotatable bonds is 11. The van der Waals surface area contributed by atoms with Gasteiger partial charge in [-0.3, -0.25) is 4.79 Å². The predicted octanol–water partition coefficient (Wildman–Crippen LogP) is 4.23. The Morgan fingerprint density at radius 2 is 1.72 bits per heavy atom. The molecule has 0 saturated carbocycles. The highest BCUT2D eigenvalue weighted by atomic mass is 16.5. The van der Waals surface area contributed by atoms with Gasteiger partial charge in [0.25, 0.3) is 5.91 Å². The van der Waals surface area contributed by atoms with Crippen LogP contribution in [-0.4, -0.2) is 30.8 Å². The van der Waals surface area contributed by atoms with Gasteiger partial charge in [-0.05, 0) is 49.2 Å². The van der Waals surface area contributed by atoms with Crippen molar-refractivity contribution in [1.29, 1.82) is 0 Å². The predicted molar refractivity (Wildman–Crippen MR) is 126 cm³/mol. The van der Waals surface area contributed by atoms with E-state index in [2.05, 4.69) is 10.6 Å². The third kappa shape index (κ3) is 7.11. The van der Waals surface area contributed by atoms with Crippen LogP contribution in [0.3, 0.4) is 0 Å². The Labute approximate surface area is 189 Å². The molecule has 3 N–H and O–H groups in total. The van der Waals surface area contributed by atoms with Crippen LogP contribution < -0.4 is 20.1 Å². The van der Waals surface area contributed by atoms with Gasteiger partial charge in [0.15, 0.2) is 18.1 Å². The van der Waals surface area contributed by atoms with Gasteiger partial charge in [0.05, 0.1) is 12.7 Å². The minimum absolute atomic E-state index is 0.116. The fourth-order valence-electron chi connectivity index (χ4n) is 3.17. The lowest BCUT2D eigenvalue weighted by atomic mass is 10.1. The number of anilines is 1. The Bertz CT molecular complexity index is 990. The quantitative estimate of drug-likeness (QED) is 0.421. The Morgan fingerprint density at radius 1 is 0.969 bits per heavy atom. The maximum atomic E-state index is 12.2. The number of hydrogen-bond acceptors (Lipinski definition) is 5. The number of ether oxygens (including phenoxy) is 2. The van der Waals surface area contributed by atoms with Crippen molar-refractivity contribution in [3.8, 4) is 11.5 Å². The lowest BCUT2D eigenvalue weighted by Crippen LogP contribution is -2.21. The summed E-state index contributed by atoms with van der Waals surface area (Å²) in [5, 5.41) is 16.4. The second kappa shape index (κ2) is 11.9. The Hall–Kier alpha value is -3.35. The molecular weight excluding hydrogens is 404 g/mol. The van der Waals surface area contributed by atoms with Crippen LogP contribution in [0.4, 0.5) is 5.69 Å². The third-order valence-electron chi connectivity index (χ3n) is 4.85. The number of benzene rings is 3. The van der Waals surface area contributed by atoms with Gasteiger partial charge in [0, 0.05) is 18.8 Å². The third-order valence-corrected chi connectivity index (χ3v) is 4.85. The average molecular weight is 435 g/mol. The summed E-state index contributed by atoms with van der Waals surface area (Å²) in [6.45, 7) is 5.26. The Morgan fingerprint density at radius 3 is 2.44 bits per heavy atom. The second-order valence-electron chi connectivity index (χ2n) is 7.47. The van der Waals surface area contributed by atoms with Gasteiger partial charge in [0.1, 0.15) is 0 Å². The van der Waals surface area contributed by atoms with Gasteiger partial charge < -0.3 is 25.2 Å². The van der Waals surface area contributed by atoms with Crippen LogP contribution in [0.15, 0.2) is 72.8 Å². The van der Waals surface area contributed by atoms with E-state index >= 15 is 0 Å². The van der Waals surface area contributed by atoms with E-state index in [9.17, 15) is 9.90 Å². The lowest BCUT2D eigenvalue weighted by Gasteiger charge is -2.15. The molecule has 0 bridgehead atoms. The summed E-state index contributed by atoms with van der Waals surface area (Å²) in [5.74, 6) is 0.856. The average Bonchev–Trinajstić information content (AvgIpc) is 2.81. The molecule has 1 unspecified atom stereocenters. The summed E-state index contributed by atoms with van der Waals surface area (Å²) < 4.78 is 11.4. The molecule has 0 spiro atoms. The molecule has 0 aromatic heterocycles. The Balaban J connectivity index is 1.53. The van der Waals surface area contributed by atoms with Crippen LogP contribution in [0.5, 0.6) is 11.5 Å². The molecule has 0 fully saturated rings. The van der Waals surface area contributed by atoms with Gasteiger partial charge >= 0.3 is 0 Å². The van der Waals surface area contributed by atoms with E-state index < -0.39 is 6.10 Å². The molecule has 1 amide bonds. The van der Waals surface area contributed by atoms with Crippen molar-refractivity contribution >= 4 is 11.6 Å². The molecule has 3 rings (SSSR count). The first-order valence-electron chi connectivity index (χ1n) is 10.7. The molecule has 32 heavy (non-hydrogen) atoms. The van der Waals surface area contributed by atoms with E-state index in [1.807, 2.05) is 80.6 Å². The van der Waals surface area contributed by atoms with Gasteiger partial charge in [-0.2, -0.15) is 0 Å². The van der Waals surface area contributed by atoms with Gasteiger partial charge in [-0.1, -0.05) is 54.1 Å². The van der Waals surface area contributed by atoms with Crippen molar-refractivity contribution in [3.63, 3.8) is 0 Å². The summed E-state index contributed by atoms with van der Waals surface area (Å²) in [6.07, 6.45) is -0.572. The monoisotopic (exact) mass is 434 g/mol. The van der Waals surface area contributed by atoms with E-state index in [1.54, 1.807) is 6.07 Å². The Kier molecular flexibility index (Phi) is 8.66. The fourth-order valence-corrected chi connectivity index (χ4v) is 3.17. The van der Waals surface area contributed by atoms with E-state index in [0.717, 1.165) is 22.4 Å². The molecule has 0 heterocycles. The molecule has 168 valence electrons. The molecule has 0 aliphatic rings. The minimum Gasteiger partial charge on any atom is -0.490 e. The van der Waals surface area contributed by atoms with E-state index in [-0.39, 0.29) is 12.5 Å². The van der Waals surface area contributed by atoms with Crippen molar-refractivity contribution in [2.75, 3.05) is 25.1 Å². The summed E-state index contributed by atoms with van der Waals surface area (Å²) in [7, 11) is 0. The number of carbonyl (C=O) groups excluding carboxylic acids is 1. The van der Waals surface area contributed by atoms with Crippen molar-refractivity contribution < 1.29 is 19.4 Å². The zero-order valence-corrected chi connectivity index (χ0v) is 18.5. The summed E-state index contributed by atoms with van der Waals surface area (Å²) in [4.78, 5) is 12.2. The smallest absolute Gasteiger partial charge is 0.262 e. The first kappa shape index (κ1) is 23.3. The van der Waals surface area contributed by atoms with Gasteiger partial charge in [-0.15, -0.1) is 0 Å². The van der Waals surface area contributed by atoms with Crippen LogP contribution in [0.2, 0.25) is 0 Å². The van der Waals surface area contributed by atoms with Crippen LogP contribution >= 0.6 is 0 Å².